The van der Waals surface area contributed by atoms with Gasteiger partial charge in [-0.05, 0) is 113 Å². The predicted octanol–water partition coefficient (Wildman–Crippen LogP) is 11.4. The molecule has 0 radical (unpaired) electrons. The van der Waals surface area contributed by atoms with Gasteiger partial charge in [0.15, 0.2) is 0 Å². The highest BCUT2D eigenvalue weighted by Crippen LogP contribution is 2.31. The average Bonchev–Trinajstić information content (AvgIpc) is 1.70. The maximum Gasteiger partial charge on any atom is 0.519 e. The lowest BCUT2D eigenvalue weighted by Gasteiger charge is -2.35. The Morgan fingerprint density at radius 2 is 0.979 bits per heavy atom. The van der Waals surface area contributed by atoms with Gasteiger partial charge in [0, 0.05) is 76.6 Å². The van der Waals surface area contributed by atoms with E-state index in [2.05, 4.69) is 5.32 Å². The van der Waals surface area contributed by atoms with Crippen LogP contribution in [0.25, 0.3) is 0 Å². The van der Waals surface area contributed by atoms with E-state index in [1.807, 2.05) is 123 Å². The zero-order chi connectivity index (χ0) is 69.4. The van der Waals surface area contributed by atoms with Crippen molar-refractivity contribution in [1.82, 2.24) is 15.1 Å². The smallest absolute Gasteiger partial charge is 0.508 e. The number of ether oxygens (including phenoxy) is 9. The summed E-state index contributed by atoms with van der Waals surface area (Å²) in [6.45, 7) is 25.5. The fourth-order valence-corrected chi connectivity index (χ4v) is 9.42. The number of esters is 2. The molecule has 5 aromatic carbocycles. The topological polar surface area (TPSA) is 314 Å². The van der Waals surface area contributed by atoms with Crippen LogP contribution in [0, 0.1) is 20.9 Å². The van der Waals surface area contributed by atoms with Crippen LogP contribution in [0.3, 0.4) is 0 Å². The zero-order valence-corrected chi connectivity index (χ0v) is 57.1. The summed E-state index contributed by atoms with van der Waals surface area (Å²) in [7, 11) is 0. The maximum absolute atomic E-state index is 13.9. The molecule has 2 aliphatic rings. The fraction of sp³-hybridized carbons (Fsp3) is 0.486. The number of aromatic hydroxyl groups is 2. The molecular formula is C70H94ClN5O19. The van der Waals surface area contributed by atoms with Crippen molar-refractivity contribution in [2.75, 3.05) is 39.5 Å². The van der Waals surface area contributed by atoms with Crippen molar-refractivity contribution >= 4 is 54.1 Å². The second-order valence-electron chi connectivity index (χ2n) is 26.7. The Kier molecular flexibility index (Phi) is 30.8. The zero-order valence-electron chi connectivity index (χ0n) is 56.3. The van der Waals surface area contributed by atoms with Crippen molar-refractivity contribution in [2.24, 2.45) is 16.6 Å². The van der Waals surface area contributed by atoms with E-state index in [9.17, 15) is 49.1 Å². The Morgan fingerprint density at radius 3 is 1.38 bits per heavy atom. The lowest BCUT2D eigenvalue weighted by molar-refractivity contribution is -0.384. The molecule has 0 aromatic heterocycles. The van der Waals surface area contributed by atoms with Gasteiger partial charge in [-0.25, -0.2) is 19.2 Å². The summed E-state index contributed by atoms with van der Waals surface area (Å²) in [5.74, 6) is -1.37. The molecule has 520 valence electrons. The third-order valence-corrected chi connectivity index (χ3v) is 14.1. The molecule has 7 rings (SSSR count). The summed E-state index contributed by atoms with van der Waals surface area (Å²) in [6.07, 6.45) is -0.427. The van der Waals surface area contributed by atoms with E-state index in [4.69, 9.17) is 48.4 Å². The number of carbonyl (C=O) groups is 6. The number of rotatable bonds is 23. The van der Waals surface area contributed by atoms with Crippen molar-refractivity contribution in [1.29, 1.82) is 0 Å². The number of hydrogen-bond acceptors (Lipinski definition) is 20. The van der Waals surface area contributed by atoms with Gasteiger partial charge >= 0.3 is 24.2 Å². The third kappa shape index (κ3) is 28.2. The first-order chi connectivity index (χ1) is 44.1. The van der Waals surface area contributed by atoms with Crippen LogP contribution in [-0.2, 0) is 60.8 Å². The lowest BCUT2D eigenvalue weighted by atomic mass is 9.85. The van der Waals surface area contributed by atoms with Gasteiger partial charge in [0.2, 0.25) is 11.8 Å². The highest BCUT2D eigenvalue weighted by Gasteiger charge is 2.48. The molecule has 95 heavy (non-hydrogen) atoms. The largest absolute Gasteiger partial charge is 0.519 e. The summed E-state index contributed by atoms with van der Waals surface area (Å²) in [4.78, 5) is 90.2. The van der Waals surface area contributed by atoms with E-state index in [0.717, 1.165) is 17.5 Å². The molecule has 0 bridgehead atoms. The summed E-state index contributed by atoms with van der Waals surface area (Å²) < 4.78 is 49.6. The molecule has 0 unspecified atom stereocenters. The fourth-order valence-electron chi connectivity index (χ4n) is 9.42. The Labute approximate surface area is 562 Å². The molecule has 6 atom stereocenters. The number of carbonyl (C=O) groups excluding carboxylic acids is 6. The van der Waals surface area contributed by atoms with Crippen molar-refractivity contribution < 1.29 is 86.5 Å². The standard InChI is InChI=1S/C32H44N2O8.C25H40N2O5.C13H9NO6.ClH/c1-31(2,3)27(33-30(38)41-24-15-10-14-23(35)18-24)28(36)34-20-25(19-26(34)29(37)42-32(4,5)6)40-17-11-16-39-21-22-12-8-7-9-13-22;1-24(2,3)21(26)22(28)27-16-19(15-20(27)23(29)32-25(4,5)6)31-14-10-13-30-17-18-11-8-7-9-12-18;15-10-2-1-3-12(8-10)20-13(16)19-11-6-4-9(5-7-11)14(17)18;/h7-10,12-15,18,25-27,35H,11,16-17,19-21H2,1-6H3,(H,33,38);7-9,11-12,19-21H,10,13-17,26H2,1-6H3;1-8,15H;1H/t25-,26+,27-;19-,20+,21-;;/m11../s1. The molecule has 0 aliphatic carbocycles. The number of nitro benzene ring substituents is 1. The molecule has 2 aliphatic heterocycles. The number of likely N-dealkylation sites (tertiary alicyclic amines) is 2. The minimum Gasteiger partial charge on any atom is -0.508 e. The average molecular weight is 1340 g/mol. The number of phenolic OH excluding ortho intramolecular Hbond substituents is 2. The summed E-state index contributed by atoms with van der Waals surface area (Å²) in [5.41, 5.74) is 5.82. The van der Waals surface area contributed by atoms with Gasteiger partial charge in [-0.2, -0.15) is 0 Å². The second-order valence-corrected chi connectivity index (χ2v) is 26.7. The molecule has 5 N–H and O–H groups in total. The number of benzene rings is 5. The number of non-ortho nitro benzene ring substituents is 1. The molecule has 0 spiro atoms. The molecule has 5 aromatic rings. The van der Waals surface area contributed by atoms with Crippen LogP contribution in [0.4, 0.5) is 15.3 Å². The number of nitrogens with one attached hydrogen (secondary N) is 1. The minimum absolute atomic E-state index is 0. The monoisotopic (exact) mass is 1340 g/mol. The number of hydrogen-bond donors (Lipinski definition) is 4. The van der Waals surface area contributed by atoms with Crippen LogP contribution in [-0.4, -0.2) is 148 Å². The van der Waals surface area contributed by atoms with Gasteiger partial charge in [-0.15, -0.1) is 12.4 Å². The highest BCUT2D eigenvalue weighted by molar-refractivity contribution is 5.91. The Balaban J connectivity index is 0.000000320. The van der Waals surface area contributed by atoms with Crippen LogP contribution in [0.15, 0.2) is 133 Å². The normalized spacial score (nSPS) is 16.8. The van der Waals surface area contributed by atoms with Crippen molar-refractivity contribution in [2.45, 2.75) is 170 Å². The summed E-state index contributed by atoms with van der Waals surface area (Å²) >= 11 is 0. The molecule has 2 heterocycles. The van der Waals surface area contributed by atoms with Crippen molar-refractivity contribution in [3.05, 3.63) is 155 Å². The van der Waals surface area contributed by atoms with Crippen LogP contribution in [0.5, 0.6) is 28.7 Å². The SMILES string of the molecule is CC(C)(C)OC(=O)[C@@H]1C[C@@H](OCCCOCc2ccccc2)CN1C(=O)[C@@H](N)C(C)(C)C.CC(C)(C)OC(=O)[C@@H]1C[C@@H](OCCCOCc2ccccc2)CN1C(=O)[C@@H](NC(=O)Oc1cccc(O)c1)C(C)(C)C.Cl.O=C(Oc1ccc([N+](=O)[O-])cc1)Oc1cccc(O)c1. The van der Waals surface area contributed by atoms with Gasteiger partial charge in [0.1, 0.15) is 58.1 Å². The number of nitrogens with zero attached hydrogens (tertiary/aromatic N) is 3. The lowest BCUT2D eigenvalue weighted by Crippen LogP contribution is -2.57. The van der Waals surface area contributed by atoms with E-state index >= 15 is 0 Å². The maximum atomic E-state index is 13.9. The van der Waals surface area contributed by atoms with Gasteiger partial charge in [-0.1, -0.05) is 114 Å². The first-order valence-electron chi connectivity index (χ1n) is 31.1. The number of halogens is 1. The highest BCUT2D eigenvalue weighted by atomic mass is 35.5. The quantitative estimate of drug-likeness (QED) is 0.0155. The van der Waals surface area contributed by atoms with E-state index in [0.29, 0.717) is 59.0 Å². The van der Waals surface area contributed by atoms with Crippen LogP contribution in [0.2, 0.25) is 0 Å². The first-order valence-corrected chi connectivity index (χ1v) is 31.1. The number of phenols is 2. The van der Waals surface area contributed by atoms with Gasteiger partial charge in [-0.3, -0.25) is 19.7 Å². The minimum atomic E-state index is -1.02. The second kappa shape index (κ2) is 37.1. The molecular weight excluding hydrogens is 1250 g/mol. The molecule has 0 saturated carbocycles. The van der Waals surface area contributed by atoms with E-state index in [1.54, 1.807) is 25.7 Å². The van der Waals surface area contributed by atoms with Gasteiger partial charge in [0.05, 0.1) is 36.4 Å². The summed E-state index contributed by atoms with van der Waals surface area (Å²) in [6, 6.07) is 33.0. The number of amides is 3. The van der Waals surface area contributed by atoms with E-state index < -0.39 is 81.2 Å². The Morgan fingerprint density at radius 1 is 0.558 bits per heavy atom. The number of nitro groups is 1. The van der Waals surface area contributed by atoms with Crippen LogP contribution < -0.4 is 25.3 Å². The van der Waals surface area contributed by atoms with E-state index in [-0.39, 0.29) is 77.9 Å². The first kappa shape index (κ1) is 79.1. The molecule has 2 saturated heterocycles. The van der Waals surface area contributed by atoms with Crippen molar-refractivity contribution in [3.8, 4) is 28.7 Å². The summed E-state index contributed by atoms with van der Waals surface area (Å²) in [5, 5.41) is 32.0. The Hall–Kier alpha value is -8.39. The van der Waals surface area contributed by atoms with Crippen LogP contribution >= 0.6 is 12.4 Å². The molecule has 3 amide bonds. The van der Waals surface area contributed by atoms with E-state index in [1.165, 1.54) is 77.7 Å². The molecule has 25 heteroatoms. The predicted molar refractivity (Wildman–Crippen MR) is 356 cm³/mol. The Bertz CT molecular complexity index is 3240. The van der Waals surface area contributed by atoms with Crippen LogP contribution in [0.1, 0.15) is 120 Å². The molecule has 2 fully saturated rings. The third-order valence-electron chi connectivity index (χ3n) is 14.1. The molecule has 24 nitrogen and oxygen atoms in total. The number of nitrogens with two attached hydrogens (primary N) is 1. The van der Waals surface area contributed by atoms with Gasteiger partial charge < -0.3 is 73.7 Å². The van der Waals surface area contributed by atoms with Crippen molar-refractivity contribution in [3.63, 3.8) is 0 Å². The van der Waals surface area contributed by atoms with Gasteiger partial charge in [0.25, 0.3) is 5.69 Å².